The molecule has 0 aromatic heterocycles. The van der Waals surface area contributed by atoms with Gasteiger partial charge in [-0.3, -0.25) is 9.59 Å². The number of likely N-dealkylation sites (tertiary alicyclic amines) is 1. The first-order valence-electron chi connectivity index (χ1n) is 10.1. The van der Waals surface area contributed by atoms with Gasteiger partial charge >= 0.3 is 12.1 Å². The van der Waals surface area contributed by atoms with Crippen LogP contribution in [0, 0.1) is 0 Å². The summed E-state index contributed by atoms with van der Waals surface area (Å²) in [5.41, 5.74) is 2.00. The van der Waals surface area contributed by atoms with E-state index in [0.717, 1.165) is 5.56 Å². The molecule has 3 atom stereocenters. The molecule has 0 spiro atoms. The Balaban J connectivity index is 1.73. The number of halogens is 5. The fourth-order valence-electron chi connectivity index (χ4n) is 4.54. The van der Waals surface area contributed by atoms with Gasteiger partial charge in [-0.25, -0.2) is 0 Å². The van der Waals surface area contributed by atoms with Crippen LogP contribution in [0.2, 0.25) is 10.0 Å². The Bertz CT molecular complexity index is 1110. The molecule has 2 aromatic rings. The first kappa shape index (κ1) is 23.7. The van der Waals surface area contributed by atoms with Crippen molar-refractivity contribution in [3.8, 4) is 16.9 Å². The molecule has 176 valence electrons. The molecule has 4 rings (SSSR count). The summed E-state index contributed by atoms with van der Waals surface area (Å²) in [6.45, 7) is 1.68. The van der Waals surface area contributed by atoms with Gasteiger partial charge in [0.2, 0.25) is 5.91 Å². The van der Waals surface area contributed by atoms with E-state index < -0.39 is 18.7 Å². The molecule has 2 aliphatic rings. The van der Waals surface area contributed by atoms with Gasteiger partial charge in [0.15, 0.2) is 0 Å². The van der Waals surface area contributed by atoms with E-state index in [0.29, 0.717) is 29.8 Å². The first-order chi connectivity index (χ1) is 15.5. The first-order valence-corrected chi connectivity index (χ1v) is 10.9. The lowest BCUT2D eigenvalue weighted by molar-refractivity contribution is -0.167. The van der Waals surface area contributed by atoms with Crippen molar-refractivity contribution in [2.75, 3.05) is 18.5 Å². The van der Waals surface area contributed by atoms with Gasteiger partial charge in [-0.05, 0) is 36.2 Å². The predicted molar refractivity (Wildman–Crippen MR) is 117 cm³/mol. The Hall–Kier alpha value is -2.49. The number of nitrogens with zero attached hydrogens (tertiary/aromatic N) is 1. The number of aliphatic hydroxyl groups excluding tert-OH is 1. The van der Waals surface area contributed by atoms with Crippen molar-refractivity contribution in [1.82, 2.24) is 4.90 Å². The minimum Gasteiger partial charge on any atom is -0.488 e. The molecule has 0 radical (unpaired) electrons. The summed E-state index contributed by atoms with van der Waals surface area (Å²) in [6.07, 6.45) is -4.71. The zero-order valence-electron chi connectivity index (χ0n) is 17.2. The molecule has 2 amide bonds. The largest absolute Gasteiger partial charge is 0.488 e. The van der Waals surface area contributed by atoms with Crippen LogP contribution in [0.5, 0.6) is 5.75 Å². The summed E-state index contributed by atoms with van der Waals surface area (Å²) in [7, 11) is 0. The number of carbonyl (C=O) groups is 2. The zero-order chi connectivity index (χ0) is 24.1. The van der Waals surface area contributed by atoms with Gasteiger partial charge < -0.3 is 20.1 Å². The number of piperidine rings is 1. The Morgan fingerprint density at radius 2 is 1.91 bits per heavy atom. The topological polar surface area (TPSA) is 78.9 Å². The second-order valence-electron chi connectivity index (χ2n) is 7.95. The van der Waals surface area contributed by atoms with Crippen molar-refractivity contribution in [2.24, 2.45) is 0 Å². The van der Waals surface area contributed by atoms with E-state index >= 15 is 0 Å². The smallest absolute Gasteiger partial charge is 0.471 e. The van der Waals surface area contributed by atoms with Gasteiger partial charge in [0.25, 0.3) is 0 Å². The number of rotatable bonds is 3. The molecule has 1 saturated heterocycles. The number of amides is 2. The van der Waals surface area contributed by atoms with Crippen LogP contribution in [-0.2, 0) is 9.59 Å². The number of nitrogens with one attached hydrogen (secondary N) is 1. The predicted octanol–water partition coefficient (Wildman–Crippen LogP) is 4.62. The van der Waals surface area contributed by atoms with Crippen LogP contribution in [0.3, 0.4) is 0 Å². The summed E-state index contributed by atoms with van der Waals surface area (Å²) in [5.74, 6) is -2.29. The van der Waals surface area contributed by atoms with E-state index in [4.69, 9.17) is 27.9 Å². The molecule has 33 heavy (non-hydrogen) atoms. The lowest BCUT2D eigenvalue weighted by Crippen LogP contribution is -2.51. The van der Waals surface area contributed by atoms with E-state index in [1.165, 1.54) is 12.1 Å². The summed E-state index contributed by atoms with van der Waals surface area (Å²) < 4.78 is 43.7. The molecule has 6 nitrogen and oxygen atoms in total. The molecular weight excluding hydrogens is 484 g/mol. The van der Waals surface area contributed by atoms with E-state index in [1.807, 2.05) is 6.92 Å². The zero-order valence-corrected chi connectivity index (χ0v) is 18.8. The lowest BCUT2D eigenvalue weighted by Gasteiger charge is -2.40. The van der Waals surface area contributed by atoms with Gasteiger partial charge in [-0.15, -0.1) is 0 Å². The number of carbonyl (C=O) groups excluding carboxylic acids is 2. The lowest BCUT2D eigenvalue weighted by atomic mass is 9.80. The maximum absolute atomic E-state index is 12.5. The van der Waals surface area contributed by atoms with Crippen LogP contribution in [0.15, 0.2) is 30.3 Å². The number of aliphatic hydroxyl groups is 1. The van der Waals surface area contributed by atoms with Crippen LogP contribution < -0.4 is 10.1 Å². The number of alkyl halides is 3. The van der Waals surface area contributed by atoms with Crippen molar-refractivity contribution in [3.63, 3.8) is 0 Å². The molecule has 2 unspecified atom stereocenters. The maximum Gasteiger partial charge on any atom is 0.471 e. The quantitative estimate of drug-likeness (QED) is 0.641. The fraction of sp³-hybridized carbons (Fsp3) is 0.364. The number of ether oxygens (including phenoxy) is 1. The monoisotopic (exact) mass is 502 g/mol. The number of hydrogen-bond donors (Lipinski definition) is 2. The molecule has 2 aliphatic heterocycles. The molecule has 0 aliphatic carbocycles. The highest BCUT2D eigenvalue weighted by Crippen LogP contribution is 2.54. The number of hydrogen-bond acceptors (Lipinski definition) is 4. The SMILES string of the molecule is C[C@H]1C2c3c(-c4ccc(NC(=O)C(F)(F)F)cc4)cc(Cl)c(Cl)c3OC2CCN1C(=O)CO. The van der Waals surface area contributed by atoms with Gasteiger partial charge in [-0.1, -0.05) is 35.3 Å². The van der Waals surface area contributed by atoms with Crippen LogP contribution in [0.4, 0.5) is 18.9 Å². The van der Waals surface area contributed by atoms with Gasteiger partial charge in [0.05, 0.1) is 5.02 Å². The Morgan fingerprint density at radius 3 is 2.52 bits per heavy atom. The van der Waals surface area contributed by atoms with Crippen molar-refractivity contribution in [3.05, 3.63) is 45.9 Å². The van der Waals surface area contributed by atoms with Gasteiger partial charge in [-0.2, -0.15) is 13.2 Å². The van der Waals surface area contributed by atoms with Crippen LogP contribution in [0.25, 0.3) is 11.1 Å². The van der Waals surface area contributed by atoms with Crippen molar-refractivity contribution >= 4 is 40.7 Å². The summed E-state index contributed by atoms with van der Waals surface area (Å²) >= 11 is 12.8. The van der Waals surface area contributed by atoms with Gasteiger partial charge in [0, 0.05) is 36.2 Å². The fourth-order valence-corrected chi connectivity index (χ4v) is 4.94. The third kappa shape index (κ3) is 4.25. The highest BCUT2D eigenvalue weighted by atomic mass is 35.5. The Kier molecular flexibility index (Phi) is 6.24. The van der Waals surface area contributed by atoms with Crippen LogP contribution >= 0.6 is 23.2 Å². The summed E-state index contributed by atoms with van der Waals surface area (Å²) in [5, 5.41) is 11.6. The minimum absolute atomic E-state index is 0.0161. The van der Waals surface area contributed by atoms with Crippen LogP contribution in [0.1, 0.15) is 24.8 Å². The highest BCUT2D eigenvalue weighted by Gasteiger charge is 2.47. The van der Waals surface area contributed by atoms with E-state index in [1.54, 1.807) is 28.4 Å². The third-order valence-corrected chi connectivity index (χ3v) is 6.82. The molecule has 2 aromatic carbocycles. The molecule has 2 heterocycles. The Morgan fingerprint density at radius 1 is 1.24 bits per heavy atom. The maximum atomic E-state index is 12.5. The minimum atomic E-state index is -5.00. The third-order valence-electron chi connectivity index (χ3n) is 6.05. The standard InChI is InChI=1S/C22H19Cl2F3N2O4/c1-10-17-15(6-7-29(10)16(31)9-30)33-20-18(17)13(8-14(23)19(20)24)11-2-4-12(5-3-11)28-21(32)22(25,26)27/h2-5,8,10,15,17,30H,6-7,9H2,1H3,(H,28,32)/t10-,15?,17?/m0/s1. The summed E-state index contributed by atoms with van der Waals surface area (Å²) in [6, 6.07) is 7.18. The van der Waals surface area contributed by atoms with E-state index in [2.05, 4.69) is 0 Å². The van der Waals surface area contributed by atoms with Crippen molar-refractivity contribution in [2.45, 2.75) is 37.6 Å². The number of benzene rings is 2. The van der Waals surface area contributed by atoms with E-state index in [-0.39, 0.29) is 39.7 Å². The van der Waals surface area contributed by atoms with Gasteiger partial charge in [0.1, 0.15) is 23.5 Å². The molecular formula is C22H19Cl2F3N2O4. The summed E-state index contributed by atoms with van der Waals surface area (Å²) in [4.78, 5) is 25.0. The number of anilines is 1. The second-order valence-corrected chi connectivity index (χ2v) is 8.73. The van der Waals surface area contributed by atoms with Crippen molar-refractivity contribution in [1.29, 1.82) is 0 Å². The normalized spacial score (nSPS) is 21.8. The van der Waals surface area contributed by atoms with E-state index in [9.17, 15) is 27.9 Å². The molecule has 1 fully saturated rings. The molecule has 0 saturated carbocycles. The average Bonchev–Trinajstić information content (AvgIpc) is 3.17. The number of fused-ring (bicyclic) bond motifs is 3. The second kappa shape index (κ2) is 8.70. The van der Waals surface area contributed by atoms with Crippen molar-refractivity contribution < 1.29 is 32.6 Å². The molecule has 2 N–H and O–H groups in total. The van der Waals surface area contributed by atoms with Crippen LogP contribution in [-0.4, -0.2) is 53.3 Å². The average molecular weight is 503 g/mol. The molecule has 11 heteroatoms. The molecule has 0 bridgehead atoms. The highest BCUT2D eigenvalue weighted by molar-refractivity contribution is 6.43. The Labute approximate surface area is 197 Å².